The Morgan fingerprint density at radius 1 is 1.07 bits per heavy atom. The number of amides is 3. The first-order valence-electron chi connectivity index (χ1n) is 10.6. The first-order chi connectivity index (χ1) is 14.0. The van der Waals surface area contributed by atoms with E-state index >= 15 is 0 Å². The number of likely N-dealkylation sites (tertiary alicyclic amines) is 1. The van der Waals surface area contributed by atoms with Gasteiger partial charge in [-0.15, -0.1) is 0 Å². The van der Waals surface area contributed by atoms with Gasteiger partial charge in [0.2, 0.25) is 5.91 Å². The molecule has 0 aromatic heterocycles. The Kier molecular flexibility index (Phi) is 7.36. The zero-order valence-electron chi connectivity index (χ0n) is 17.7. The van der Waals surface area contributed by atoms with Crippen molar-refractivity contribution in [2.24, 2.45) is 0 Å². The van der Waals surface area contributed by atoms with Crippen LogP contribution in [0, 0.1) is 0 Å². The summed E-state index contributed by atoms with van der Waals surface area (Å²) in [6, 6.07) is 5.15. The molecule has 0 spiro atoms. The summed E-state index contributed by atoms with van der Waals surface area (Å²) in [5.41, 5.74) is 1.01. The van der Waals surface area contributed by atoms with E-state index < -0.39 is 6.04 Å². The van der Waals surface area contributed by atoms with Crippen LogP contribution in [0.15, 0.2) is 18.2 Å². The van der Waals surface area contributed by atoms with Crippen molar-refractivity contribution in [1.29, 1.82) is 0 Å². The second kappa shape index (κ2) is 9.96. The molecule has 7 nitrogen and oxygen atoms in total. The van der Waals surface area contributed by atoms with E-state index in [-0.39, 0.29) is 24.0 Å². The summed E-state index contributed by atoms with van der Waals surface area (Å²) >= 11 is 0. The van der Waals surface area contributed by atoms with Crippen LogP contribution in [0.4, 0.5) is 4.79 Å². The summed E-state index contributed by atoms with van der Waals surface area (Å²) < 4.78 is 10.9. The Morgan fingerprint density at radius 3 is 2.52 bits per heavy atom. The number of imide groups is 1. The van der Waals surface area contributed by atoms with Crippen molar-refractivity contribution >= 4 is 11.9 Å². The van der Waals surface area contributed by atoms with E-state index in [4.69, 9.17) is 9.47 Å². The number of methoxy groups -OCH3 is 2. The van der Waals surface area contributed by atoms with E-state index in [1.54, 1.807) is 14.2 Å². The molecule has 0 unspecified atom stereocenters. The highest BCUT2D eigenvalue weighted by atomic mass is 16.5. The van der Waals surface area contributed by atoms with Crippen molar-refractivity contribution in [3.8, 4) is 11.5 Å². The lowest BCUT2D eigenvalue weighted by atomic mass is 9.96. The molecule has 1 saturated carbocycles. The van der Waals surface area contributed by atoms with Gasteiger partial charge in [-0.3, -0.25) is 15.0 Å². The maximum atomic E-state index is 12.8. The van der Waals surface area contributed by atoms with Crippen LogP contribution >= 0.6 is 0 Å². The van der Waals surface area contributed by atoms with E-state index in [2.05, 4.69) is 15.5 Å². The van der Waals surface area contributed by atoms with Crippen LogP contribution < -0.4 is 20.1 Å². The van der Waals surface area contributed by atoms with Gasteiger partial charge >= 0.3 is 6.03 Å². The highest BCUT2D eigenvalue weighted by Crippen LogP contribution is 2.39. The lowest BCUT2D eigenvalue weighted by molar-refractivity contribution is -0.125. The van der Waals surface area contributed by atoms with Gasteiger partial charge in [0.1, 0.15) is 11.5 Å². The average molecular weight is 404 g/mol. The molecule has 2 aliphatic rings. The zero-order valence-corrected chi connectivity index (χ0v) is 17.7. The fourth-order valence-corrected chi connectivity index (χ4v) is 4.52. The van der Waals surface area contributed by atoms with E-state index in [0.29, 0.717) is 0 Å². The number of benzene rings is 1. The van der Waals surface area contributed by atoms with Crippen molar-refractivity contribution in [2.75, 3.05) is 20.8 Å². The molecule has 1 aromatic rings. The molecule has 0 bridgehead atoms. The summed E-state index contributed by atoms with van der Waals surface area (Å²) in [6.07, 6.45) is 7.37. The number of carbonyl (C=O) groups excluding carboxylic acids is 2. The Morgan fingerprint density at radius 2 is 1.83 bits per heavy atom. The molecular weight excluding hydrogens is 370 g/mol. The lowest BCUT2D eigenvalue weighted by Crippen LogP contribution is -2.51. The predicted molar refractivity (Wildman–Crippen MR) is 111 cm³/mol. The topological polar surface area (TPSA) is 79.9 Å². The van der Waals surface area contributed by atoms with Gasteiger partial charge in [0.25, 0.3) is 0 Å². The minimum Gasteiger partial charge on any atom is -0.497 e. The first-order valence-corrected chi connectivity index (χ1v) is 10.6. The number of carbonyl (C=O) groups is 2. The molecule has 29 heavy (non-hydrogen) atoms. The van der Waals surface area contributed by atoms with Crippen LogP contribution in [0.25, 0.3) is 0 Å². The van der Waals surface area contributed by atoms with Crippen molar-refractivity contribution in [3.05, 3.63) is 23.8 Å². The number of rotatable bonds is 6. The molecule has 3 rings (SSSR count). The lowest BCUT2D eigenvalue weighted by Gasteiger charge is -2.31. The number of urea groups is 1. The fourth-order valence-electron chi connectivity index (χ4n) is 4.52. The third kappa shape index (κ3) is 5.21. The molecule has 2 fully saturated rings. The van der Waals surface area contributed by atoms with Crippen LogP contribution in [0.1, 0.15) is 63.5 Å². The second-order valence-electron chi connectivity index (χ2n) is 7.98. The summed E-state index contributed by atoms with van der Waals surface area (Å²) in [5.74, 6) is 1.27. The van der Waals surface area contributed by atoms with Crippen molar-refractivity contribution in [2.45, 2.75) is 70.0 Å². The van der Waals surface area contributed by atoms with Crippen molar-refractivity contribution in [3.63, 3.8) is 0 Å². The van der Waals surface area contributed by atoms with Crippen LogP contribution in [-0.4, -0.2) is 49.7 Å². The molecule has 160 valence electrons. The Balaban J connectivity index is 1.65. The van der Waals surface area contributed by atoms with E-state index in [1.165, 1.54) is 6.42 Å². The number of hydrogen-bond acceptors (Lipinski definition) is 5. The first kappa shape index (κ1) is 21.4. The third-order valence-corrected chi connectivity index (χ3v) is 6.14. The quantitative estimate of drug-likeness (QED) is 0.761. The van der Waals surface area contributed by atoms with Crippen LogP contribution in [0.5, 0.6) is 11.5 Å². The third-order valence-electron chi connectivity index (χ3n) is 6.14. The molecular formula is C22H33N3O4. The average Bonchev–Trinajstić information content (AvgIpc) is 3.22. The van der Waals surface area contributed by atoms with Crippen molar-refractivity contribution < 1.29 is 19.1 Å². The molecule has 2 N–H and O–H groups in total. The van der Waals surface area contributed by atoms with Gasteiger partial charge in [0.15, 0.2) is 0 Å². The van der Waals surface area contributed by atoms with Crippen molar-refractivity contribution in [1.82, 2.24) is 15.5 Å². The maximum Gasteiger partial charge on any atom is 0.321 e. The van der Waals surface area contributed by atoms with Gasteiger partial charge in [-0.1, -0.05) is 19.3 Å². The minimum absolute atomic E-state index is 0.0437. The summed E-state index contributed by atoms with van der Waals surface area (Å²) in [6.45, 7) is 2.65. The number of hydrogen-bond donors (Lipinski definition) is 2. The monoisotopic (exact) mass is 403 g/mol. The predicted octanol–water partition coefficient (Wildman–Crippen LogP) is 3.39. The van der Waals surface area contributed by atoms with Gasteiger partial charge in [0, 0.05) is 17.6 Å². The molecule has 3 amide bonds. The smallest absolute Gasteiger partial charge is 0.321 e. The molecule has 1 aliphatic carbocycles. The van der Waals surface area contributed by atoms with Gasteiger partial charge < -0.3 is 14.8 Å². The standard InChI is InChI=1S/C22H33N3O4/c1-15(21(26)24-22(27)23-16-8-5-4-6-9-16)25-13-7-10-19(25)18-14-17(28-2)11-12-20(18)29-3/h11-12,14-16,19H,4-10,13H2,1-3H3,(H2,23,24,26,27)/t15-,19+/m0/s1. The SMILES string of the molecule is COc1ccc(OC)c([C@H]2CCCN2[C@@H](C)C(=O)NC(=O)NC2CCCCC2)c1. The molecule has 7 heteroatoms. The van der Waals surface area contributed by atoms with Crippen LogP contribution in [0.3, 0.4) is 0 Å². The second-order valence-corrected chi connectivity index (χ2v) is 7.98. The molecule has 2 atom stereocenters. The number of nitrogens with zero attached hydrogens (tertiary/aromatic N) is 1. The van der Waals surface area contributed by atoms with E-state index in [9.17, 15) is 9.59 Å². The van der Waals surface area contributed by atoms with Gasteiger partial charge in [-0.2, -0.15) is 0 Å². The summed E-state index contributed by atoms with van der Waals surface area (Å²) in [5, 5.41) is 5.49. The number of ether oxygens (including phenoxy) is 2. The Labute approximate surface area is 173 Å². The van der Waals surface area contributed by atoms with Gasteiger partial charge in [0.05, 0.1) is 20.3 Å². The molecule has 1 heterocycles. The Hall–Kier alpha value is -2.28. The fraction of sp³-hybridized carbons (Fsp3) is 0.636. The molecule has 1 aliphatic heterocycles. The van der Waals surface area contributed by atoms with E-state index in [1.807, 2.05) is 25.1 Å². The van der Waals surface area contributed by atoms with Crippen LogP contribution in [0.2, 0.25) is 0 Å². The summed E-state index contributed by atoms with van der Waals surface area (Å²) in [4.78, 5) is 27.2. The highest BCUT2D eigenvalue weighted by molar-refractivity contribution is 5.96. The van der Waals surface area contributed by atoms with Crippen LogP contribution in [-0.2, 0) is 4.79 Å². The summed E-state index contributed by atoms with van der Waals surface area (Å²) in [7, 11) is 3.29. The molecule has 0 radical (unpaired) electrons. The zero-order chi connectivity index (χ0) is 20.8. The van der Waals surface area contributed by atoms with Gasteiger partial charge in [-0.25, -0.2) is 4.79 Å². The largest absolute Gasteiger partial charge is 0.497 e. The minimum atomic E-state index is -0.421. The Bertz CT molecular complexity index is 718. The maximum absolute atomic E-state index is 12.8. The van der Waals surface area contributed by atoms with Gasteiger partial charge in [-0.05, 0) is 57.4 Å². The molecule has 1 saturated heterocycles. The highest BCUT2D eigenvalue weighted by Gasteiger charge is 2.35. The van der Waals surface area contributed by atoms with E-state index in [0.717, 1.165) is 62.1 Å². The number of nitrogens with one attached hydrogen (secondary N) is 2. The molecule has 1 aromatic carbocycles. The normalized spacial score (nSPS) is 21.4.